The minimum absolute atomic E-state index is 0.565. The molecular formula is C16H26BrNS. The molecule has 0 amide bonds. The van der Waals surface area contributed by atoms with Crippen molar-refractivity contribution in [1.29, 1.82) is 0 Å². The van der Waals surface area contributed by atoms with Crippen LogP contribution in [0.2, 0.25) is 0 Å². The summed E-state index contributed by atoms with van der Waals surface area (Å²) in [5, 5.41) is 3.74. The van der Waals surface area contributed by atoms with Gasteiger partial charge in [0.15, 0.2) is 0 Å². The SMILES string of the molecule is CCCNC(CCC1CCCC1)c1cc(Br)c(C)s1. The maximum absolute atomic E-state index is 3.74. The molecule has 0 spiro atoms. The van der Waals surface area contributed by atoms with Crippen LogP contribution in [0.3, 0.4) is 0 Å². The number of hydrogen-bond acceptors (Lipinski definition) is 2. The van der Waals surface area contributed by atoms with Crippen LogP contribution in [0.4, 0.5) is 0 Å². The summed E-state index contributed by atoms with van der Waals surface area (Å²) in [5.41, 5.74) is 0. The molecule has 0 saturated heterocycles. The van der Waals surface area contributed by atoms with E-state index in [-0.39, 0.29) is 0 Å². The van der Waals surface area contributed by atoms with Gasteiger partial charge in [-0.15, -0.1) is 11.3 Å². The van der Waals surface area contributed by atoms with Gasteiger partial charge in [-0.3, -0.25) is 0 Å². The molecule has 1 aromatic rings. The van der Waals surface area contributed by atoms with Crippen LogP contribution < -0.4 is 5.32 Å². The van der Waals surface area contributed by atoms with E-state index in [1.165, 1.54) is 59.2 Å². The fraction of sp³-hybridized carbons (Fsp3) is 0.750. The maximum Gasteiger partial charge on any atom is 0.0415 e. The lowest BCUT2D eigenvalue weighted by Gasteiger charge is -2.19. The summed E-state index contributed by atoms with van der Waals surface area (Å²) in [6, 6.07) is 2.89. The first-order valence-corrected chi connectivity index (χ1v) is 9.31. The minimum atomic E-state index is 0.565. The number of aryl methyl sites for hydroxylation is 1. The Kier molecular flexibility index (Phi) is 6.37. The van der Waals surface area contributed by atoms with Crippen LogP contribution in [0.5, 0.6) is 0 Å². The molecule has 0 radical (unpaired) electrons. The lowest BCUT2D eigenvalue weighted by molar-refractivity contribution is 0.415. The Hall–Kier alpha value is 0.140. The molecule has 1 aliphatic rings. The molecule has 1 saturated carbocycles. The van der Waals surface area contributed by atoms with E-state index in [2.05, 4.69) is 41.2 Å². The molecule has 0 aromatic carbocycles. The monoisotopic (exact) mass is 343 g/mol. The summed E-state index contributed by atoms with van der Waals surface area (Å²) in [4.78, 5) is 2.91. The van der Waals surface area contributed by atoms with Gasteiger partial charge in [0.25, 0.3) is 0 Å². The highest BCUT2D eigenvalue weighted by molar-refractivity contribution is 9.10. The second-order valence-corrected chi connectivity index (χ2v) is 7.93. The molecule has 1 atom stereocenters. The van der Waals surface area contributed by atoms with Crippen molar-refractivity contribution in [2.45, 2.75) is 64.8 Å². The normalized spacial score (nSPS) is 18.1. The molecule has 0 bridgehead atoms. The first-order chi connectivity index (χ1) is 9.20. The summed E-state index contributed by atoms with van der Waals surface area (Å²) in [7, 11) is 0. The van der Waals surface area contributed by atoms with Crippen molar-refractivity contribution >= 4 is 27.3 Å². The molecule has 108 valence electrons. The summed E-state index contributed by atoms with van der Waals surface area (Å²) in [6.07, 6.45) is 9.77. The standard InChI is InChI=1S/C16H26BrNS/c1-3-10-18-15(9-8-13-6-4-5-7-13)16-11-14(17)12(2)19-16/h11,13,15,18H,3-10H2,1-2H3. The maximum atomic E-state index is 3.74. The molecule has 1 unspecified atom stereocenters. The third-order valence-electron chi connectivity index (χ3n) is 4.20. The zero-order valence-electron chi connectivity index (χ0n) is 12.2. The minimum Gasteiger partial charge on any atom is -0.309 e. The second kappa shape index (κ2) is 7.80. The Labute approximate surface area is 130 Å². The van der Waals surface area contributed by atoms with Crippen LogP contribution in [-0.4, -0.2) is 6.54 Å². The van der Waals surface area contributed by atoms with Gasteiger partial charge in [-0.1, -0.05) is 32.6 Å². The topological polar surface area (TPSA) is 12.0 Å². The van der Waals surface area contributed by atoms with E-state index in [4.69, 9.17) is 0 Å². The van der Waals surface area contributed by atoms with Crippen molar-refractivity contribution in [3.63, 3.8) is 0 Å². The van der Waals surface area contributed by atoms with Crippen LogP contribution in [0.1, 0.15) is 67.7 Å². The van der Waals surface area contributed by atoms with Gasteiger partial charge in [0.05, 0.1) is 0 Å². The Balaban J connectivity index is 1.93. The molecule has 1 aliphatic carbocycles. The Morgan fingerprint density at radius 2 is 2.16 bits per heavy atom. The lowest BCUT2D eigenvalue weighted by Crippen LogP contribution is -2.22. The Morgan fingerprint density at radius 3 is 2.74 bits per heavy atom. The highest BCUT2D eigenvalue weighted by Crippen LogP contribution is 2.35. The van der Waals surface area contributed by atoms with Crippen LogP contribution >= 0.6 is 27.3 Å². The molecule has 1 N–H and O–H groups in total. The van der Waals surface area contributed by atoms with Crippen LogP contribution in [0.25, 0.3) is 0 Å². The van der Waals surface area contributed by atoms with Crippen LogP contribution in [0, 0.1) is 12.8 Å². The molecular weight excluding hydrogens is 318 g/mol. The van der Waals surface area contributed by atoms with Crippen molar-refractivity contribution in [3.8, 4) is 0 Å². The van der Waals surface area contributed by atoms with E-state index >= 15 is 0 Å². The van der Waals surface area contributed by atoms with Gasteiger partial charge in [0, 0.05) is 20.3 Å². The number of nitrogens with one attached hydrogen (secondary N) is 1. The van der Waals surface area contributed by atoms with E-state index in [0.717, 1.165) is 12.5 Å². The van der Waals surface area contributed by atoms with Gasteiger partial charge in [-0.25, -0.2) is 0 Å². The van der Waals surface area contributed by atoms with Gasteiger partial charge in [-0.05, 0) is 60.6 Å². The van der Waals surface area contributed by atoms with Crippen molar-refractivity contribution in [2.75, 3.05) is 6.54 Å². The van der Waals surface area contributed by atoms with E-state index in [1.807, 2.05) is 11.3 Å². The zero-order chi connectivity index (χ0) is 13.7. The number of thiophene rings is 1. The number of halogens is 1. The molecule has 1 heterocycles. The van der Waals surface area contributed by atoms with Crippen LogP contribution in [0.15, 0.2) is 10.5 Å². The van der Waals surface area contributed by atoms with E-state index in [9.17, 15) is 0 Å². The summed E-state index contributed by atoms with van der Waals surface area (Å²) in [6.45, 7) is 5.58. The second-order valence-electron chi connectivity index (χ2n) is 5.79. The highest BCUT2D eigenvalue weighted by atomic mass is 79.9. The van der Waals surface area contributed by atoms with Gasteiger partial charge >= 0.3 is 0 Å². The van der Waals surface area contributed by atoms with Crippen molar-refractivity contribution < 1.29 is 0 Å². The zero-order valence-corrected chi connectivity index (χ0v) is 14.6. The smallest absolute Gasteiger partial charge is 0.0415 e. The van der Waals surface area contributed by atoms with E-state index in [0.29, 0.717) is 6.04 Å². The van der Waals surface area contributed by atoms with Crippen molar-refractivity contribution in [3.05, 3.63) is 20.3 Å². The predicted octanol–water partition coefficient (Wildman–Crippen LogP) is 5.83. The predicted molar refractivity (Wildman–Crippen MR) is 89.0 cm³/mol. The lowest BCUT2D eigenvalue weighted by atomic mass is 9.98. The molecule has 19 heavy (non-hydrogen) atoms. The van der Waals surface area contributed by atoms with Gasteiger partial charge in [-0.2, -0.15) is 0 Å². The molecule has 2 rings (SSSR count). The van der Waals surface area contributed by atoms with E-state index in [1.54, 1.807) is 0 Å². The third-order valence-corrected chi connectivity index (χ3v) is 6.45. The molecule has 3 heteroatoms. The molecule has 1 aromatic heterocycles. The average Bonchev–Trinajstić information content (AvgIpc) is 3.01. The van der Waals surface area contributed by atoms with E-state index < -0.39 is 0 Å². The van der Waals surface area contributed by atoms with Gasteiger partial charge < -0.3 is 5.32 Å². The van der Waals surface area contributed by atoms with Gasteiger partial charge in [0.2, 0.25) is 0 Å². The average molecular weight is 344 g/mol. The molecule has 0 aliphatic heterocycles. The third kappa shape index (κ3) is 4.57. The number of hydrogen-bond donors (Lipinski definition) is 1. The Bertz CT molecular complexity index is 363. The fourth-order valence-corrected chi connectivity index (χ4v) is 4.69. The quantitative estimate of drug-likeness (QED) is 0.656. The highest BCUT2D eigenvalue weighted by Gasteiger charge is 2.19. The largest absolute Gasteiger partial charge is 0.309 e. The molecule has 1 nitrogen and oxygen atoms in total. The summed E-state index contributed by atoms with van der Waals surface area (Å²) >= 11 is 5.60. The van der Waals surface area contributed by atoms with Crippen molar-refractivity contribution in [1.82, 2.24) is 5.32 Å². The number of rotatable bonds is 7. The fourth-order valence-electron chi connectivity index (χ4n) is 3.02. The van der Waals surface area contributed by atoms with Gasteiger partial charge in [0.1, 0.15) is 0 Å². The molecule has 1 fully saturated rings. The summed E-state index contributed by atoms with van der Waals surface area (Å²) < 4.78 is 1.27. The van der Waals surface area contributed by atoms with Crippen LogP contribution in [-0.2, 0) is 0 Å². The summed E-state index contributed by atoms with van der Waals surface area (Å²) in [5.74, 6) is 0.996. The first-order valence-electron chi connectivity index (χ1n) is 7.70. The van der Waals surface area contributed by atoms with Crippen molar-refractivity contribution in [2.24, 2.45) is 5.92 Å². The Morgan fingerprint density at radius 1 is 1.42 bits per heavy atom. The first kappa shape index (κ1) is 15.5.